The minimum atomic E-state index is -1.77. The maximum atomic E-state index is 13.8. The number of anilines is 1. The number of carbonyl (C=O) groups is 1. The Kier molecular flexibility index (Phi) is 5.88. The average molecular weight is 445 g/mol. The molecule has 32 heavy (non-hydrogen) atoms. The van der Waals surface area contributed by atoms with Crippen LogP contribution in [0.3, 0.4) is 0 Å². The molecule has 0 unspecified atom stereocenters. The van der Waals surface area contributed by atoms with E-state index in [0.717, 1.165) is 4.68 Å². The molecule has 0 aliphatic heterocycles. The molecule has 2 aromatic carbocycles. The summed E-state index contributed by atoms with van der Waals surface area (Å²) in [4.78, 5) is 12.4. The van der Waals surface area contributed by atoms with Crippen LogP contribution in [0.15, 0.2) is 61.1 Å². The Morgan fingerprint density at radius 2 is 1.78 bits per heavy atom. The molecular formula is C21H15F4N5O2. The van der Waals surface area contributed by atoms with Gasteiger partial charge in [-0.15, -0.1) is 0 Å². The van der Waals surface area contributed by atoms with Gasteiger partial charge in [-0.2, -0.15) is 10.2 Å². The molecule has 0 saturated carbocycles. The molecule has 164 valence electrons. The molecule has 1 N–H and O–H groups in total. The predicted molar refractivity (Wildman–Crippen MR) is 105 cm³/mol. The summed E-state index contributed by atoms with van der Waals surface area (Å²) in [6.45, 7) is -0.406. The molecule has 2 aromatic heterocycles. The van der Waals surface area contributed by atoms with E-state index in [1.54, 1.807) is 18.3 Å². The molecule has 0 atom stereocenters. The Morgan fingerprint density at radius 3 is 2.56 bits per heavy atom. The normalized spacial score (nSPS) is 10.9. The maximum absolute atomic E-state index is 13.8. The standard InChI is InChI=1S/C21H15F4N5O2/c22-16-8-17(23)20(25)19(24)15(16)11-30-10-13(9-26-30)27-21(31)18-6-7-29(28-18)12-32-14-4-2-1-3-5-14/h1-10H,11-12H2,(H,27,31). The summed E-state index contributed by atoms with van der Waals surface area (Å²) in [6.07, 6.45) is 4.09. The van der Waals surface area contributed by atoms with Gasteiger partial charge in [-0.25, -0.2) is 22.2 Å². The van der Waals surface area contributed by atoms with Gasteiger partial charge in [0.05, 0.1) is 18.4 Å². The van der Waals surface area contributed by atoms with Gasteiger partial charge in [0, 0.05) is 24.0 Å². The van der Waals surface area contributed by atoms with Crippen molar-refractivity contribution < 1.29 is 27.1 Å². The summed E-state index contributed by atoms with van der Waals surface area (Å²) >= 11 is 0. The van der Waals surface area contributed by atoms with E-state index in [1.807, 2.05) is 18.2 Å². The highest BCUT2D eigenvalue weighted by atomic mass is 19.2. The lowest BCUT2D eigenvalue weighted by Gasteiger charge is -2.07. The number of amides is 1. The summed E-state index contributed by atoms with van der Waals surface area (Å²) in [6, 6.07) is 10.8. The van der Waals surface area contributed by atoms with Crippen molar-refractivity contribution in [1.29, 1.82) is 0 Å². The first kappa shape index (κ1) is 21.1. The fraction of sp³-hybridized carbons (Fsp3) is 0.0952. The van der Waals surface area contributed by atoms with Crippen LogP contribution in [0.2, 0.25) is 0 Å². The second kappa shape index (κ2) is 8.92. The number of rotatable bonds is 7. The lowest BCUT2D eigenvalue weighted by Crippen LogP contribution is -2.14. The van der Waals surface area contributed by atoms with Gasteiger partial charge in [-0.1, -0.05) is 18.2 Å². The molecule has 11 heteroatoms. The van der Waals surface area contributed by atoms with Crippen LogP contribution in [-0.4, -0.2) is 25.5 Å². The SMILES string of the molecule is O=C(Nc1cnn(Cc2c(F)cc(F)c(F)c2F)c1)c1ccn(COc2ccccc2)n1. The molecule has 0 bridgehead atoms. The van der Waals surface area contributed by atoms with E-state index >= 15 is 0 Å². The monoisotopic (exact) mass is 445 g/mol. The number of ether oxygens (including phenoxy) is 1. The summed E-state index contributed by atoms with van der Waals surface area (Å²) in [5.41, 5.74) is -0.373. The van der Waals surface area contributed by atoms with Crippen LogP contribution in [-0.2, 0) is 13.3 Å². The summed E-state index contributed by atoms with van der Waals surface area (Å²) in [7, 11) is 0. The second-order valence-corrected chi connectivity index (χ2v) is 6.65. The summed E-state index contributed by atoms with van der Waals surface area (Å²) in [5.74, 6) is -6.17. The molecule has 4 aromatic rings. The van der Waals surface area contributed by atoms with Crippen molar-refractivity contribution in [3.8, 4) is 5.75 Å². The third kappa shape index (κ3) is 4.61. The van der Waals surface area contributed by atoms with E-state index in [0.29, 0.717) is 5.75 Å². The van der Waals surface area contributed by atoms with Crippen molar-refractivity contribution in [2.75, 3.05) is 5.32 Å². The molecule has 4 rings (SSSR count). The van der Waals surface area contributed by atoms with E-state index in [9.17, 15) is 22.4 Å². The quantitative estimate of drug-likeness (QED) is 0.265. The van der Waals surface area contributed by atoms with Crippen molar-refractivity contribution in [2.45, 2.75) is 13.3 Å². The molecular weight excluding hydrogens is 430 g/mol. The highest BCUT2D eigenvalue weighted by Gasteiger charge is 2.20. The molecule has 0 aliphatic rings. The number of benzene rings is 2. The number of aromatic nitrogens is 4. The van der Waals surface area contributed by atoms with E-state index in [-0.39, 0.29) is 24.2 Å². The van der Waals surface area contributed by atoms with Gasteiger partial charge >= 0.3 is 0 Å². The number of carbonyl (C=O) groups excluding carboxylic acids is 1. The Labute approximate surface area is 178 Å². The number of hydrogen-bond donors (Lipinski definition) is 1. The van der Waals surface area contributed by atoms with Gasteiger partial charge in [0.15, 0.2) is 29.9 Å². The first-order valence-electron chi connectivity index (χ1n) is 9.27. The van der Waals surface area contributed by atoms with Crippen LogP contribution in [0.5, 0.6) is 5.75 Å². The lowest BCUT2D eigenvalue weighted by atomic mass is 10.2. The molecule has 0 radical (unpaired) electrons. The maximum Gasteiger partial charge on any atom is 0.276 e. The molecule has 1 amide bonds. The largest absolute Gasteiger partial charge is 0.471 e. The van der Waals surface area contributed by atoms with Gasteiger partial charge < -0.3 is 10.1 Å². The van der Waals surface area contributed by atoms with Crippen LogP contribution in [0, 0.1) is 23.3 Å². The van der Waals surface area contributed by atoms with E-state index in [4.69, 9.17) is 4.74 Å². The fourth-order valence-corrected chi connectivity index (χ4v) is 2.83. The zero-order valence-electron chi connectivity index (χ0n) is 16.3. The number of halogens is 4. The molecule has 0 aliphatic carbocycles. The third-order valence-electron chi connectivity index (χ3n) is 4.40. The average Bonchev–Trinajstić information content (AvgIpc) is 3.44. The molecule has 0 saturated heterocycles. The van der Waals surface area contributed by atoms with E-state index < -0.39 is 41.3 Å². The Morgan fingerprint density at radius 1 is 1.00 bits per heavy atom. The third-order valence-corrected chi connectivity index (χ3v) is 4.40. The van der Waals surface area contributed by atoms with Crippen molar-refractivity contribution >= 4 is 11.6 Å². The first-order valence-corrected chi connectivity index (χ1v) is 9.27. The molecule has 2 heterocycles. The van der Waals surface area contributed by atoms with Crippen LogP contribution in [0.1, 0.15) is 16.1 Å². The van der Waals surface area contributed by atoms with Crippen LogP contribution >= 0.6 is 0 Å². The topological polar surface area (TPSA) is 74.0 Å². The number of hydrogen-bond acceptors (Lipinski definition) is 4. The van der Waals surface area contributed by atoms with Gasteiger partial charge in [0.2, 0.25) is 0 Å². The Balaban J connectivity index is 1.38. The van der Waals surface area contributed by atoms with Gasteiger partial charge in [-0.3, -0.25) is 9.48 Å². The highest BCUT2D eigenvalue weighted by Crippen LogP contribution is 2.20. The van der Waals surface area contributed by atoms with Crippen molar-refractivity contribution in [1.82, 2.24) is 19.6 Å². The van der Waals surface area contributed by atoms with Gasteiger partial charge in [-0.05, 0) is 18.2 Å². The summed E-state index contributed by atoms with van der Waals surface area (Å²) in [5, 5.41) is 10.5. The predicted octanol–water partition coefficient (Wildman–Crippen LogP) is 3.97. The van der Waals surface area contributed by atoms with Crippen LogP contribution in [0.4, 0.5) is 23.2 Å². The zero-order chi connectivity index (χ0) is 22.7. The zero-order valence-corrected chi connectivity index (χ0v) is 16.3. The number of para-hydroxylation sites is 1. The Hall–Kier alpha value is -4.15. The van der Waals surface area contributed by atoms with E-state index in [2.05, 4.69) is 15.5 Å². The van der Waals surface area contributed by atoms with Crippen molar-refractivity contribution in [3.63, 3.8) is 0 Å². The van der Waals surface area contributed by atoms with Crippen LogP contribution < -0.4 is 10.1 Å². The second-order valence-electron chi connectivity index (χ2n) is 6.65. The lowest BCUT2D eigenvalue weighted by molar-refractivity contribution is 0.102. The van der Waals surface area contributed by atoms with Crippen molar-refractivity contribution in [2.24, 2.45) is 0 Å². The minimum Gasteiger partial charge on any atom is -0.471 e. The summed E-state index contributed by atoms with van der Waals surface area (Å²) < 4.78 is 62.1. The van der Waals surface area contributed by atoms with E-state index in [1.165, 1.54) is 23.1 Å². The van der Waals surface area contributed by atoms with Gasteiger partial charge in [0.25, 0.3) is 5.91 Å². The smallest absolute Gasteiger partial charge is 0.276 e. The van der Waals surface area contributed by atoms with Crippen LogP contribution in [0.25, 0.3) is 0 Å². The molecule has 0 fully saturated rings. The van der Waals surface area contributed by atoms with Gasteiger partial charge in [0.1, 0.15) is 11.6 Å². The minimum absolute atomic E-state index is 0.0978. The highest BCUT2D eigenvalue weighted by molar-refractivity contribution is 6.02. The first-order chi connectivity index (χ1) is 15.4. The fourth-order valence-electron chi connectivity index (χ4n) is 2.83. The Bertz CT molecular complexity index is 1260. The van der Waals surface area contributed by atoms with Crippen molar-refractivity contribution in [3.05, 3.63) is 95.6 Å². The molecule has 0 spiro atoms. The number of nitrogens with zero attached hydrogens (tertiary/aromatic N) is 4. The molecule has 7 nitrogen and oxygen atoms in total. The number of nitrogens with one attached hydrogen (secondary N) is 1.